The number of phosphoric ester groups is 1. The topological polar surface area (TPSA) is 306 Å². The van der Waals surface area contributed by atoms with Gasteiger partial charge in [-0.05, 0) is 12.8 Å². The van der Waals surface area contributed by atoms with E-state index >= 15 is 0 Å². The number of carbonyl (C=O) groups excluding carboxylic acids is 1. The van der Waals surface area contributed by atoms with Gasteiger partial charge in [-0.1, -0.05) is 168 Å². The molecular formula is C46H90NO17P. The molecule has 2 aliphatic rings. The van der Waals surface area contributed by atoms with Crippen LogP contribution in [0.2, 0.25) is 0 Å². The van der Waals surface area contributed by atoms with Crippen LogP contribution in [0.4, 0.5) is 0 Å². The van der Waals surface area contributed by atoms with E-state index < -0.39 is 113 Å². The molecule has 0 radical (unpaired) electrons. The van der Waals surface area contributed by atoms with Gasteiger partial charge in [0, 0.05) is 6.42 Å². The van der Waals surface area contributed by atoms with Crippen molar-refractivity contribution < 1.29 is 83.8 Å². The first-order valence-electron chi connectivity index (χ1n) is 25.1. The summed E-state index contributed by atoms with van der Waals surface area (Å²) in [6.07, 6.45) is 3.06. The fraction of sp³-hybridized carbons (Fsp3) is 0.978. The van der Waals surface area contributed by atoms with Crippen molar-refractivity contribution in [3.05, 3.63) is 0 Å². The Morgan fingerprint density at radius 3 is 1.46 bits per heavy atom. The first kappa shape index (κ1) is 60.2. The number of phosphoric acid groups is 1. The summed E-state index contributed by atoms with van der Waals surface area (Å²) in [7, 11) is -5.41. The van der Waals surface area contributed by atoms with Crippen LogP contribution in [0, 0.1) is 0 Å². The van der Waals surface area contributed by atoms with Crippen LogP contribution in [-0.4, -0.2) is 161 Å². The van der Waals surface area contributed by atoms with E-state index in [-0.39, 0.29) is 12.8 Å². The average molecular weight is 960 g/mol. The van der Waals surface area contributed by atoms with E-state index in [1.165, 1.54) is 96.3 Å². The molecule has 0 spiro atoms. The summed E-state index contributed by atoms with van der Waals surface area (Å²) < 4.78 is 34.7. The van der Waals surface area contributed by atoms with Crippen molar-refractivity contribution in [2.75, 3.05) is 13.2 Å². The molecule has 1 saturated heterocycles. The van der Waals surface area contributed by atoms with Crippen LogP contribution < -0.4 is 5.32 Å². The molecule has 12 N–H and O–H groups in total. The van der Waals surface area contributed by atoms with Gasteiger partial charge in [0.2, 0.25) is 5.91 Å². The number of carbonyl (C=O) groups is 1. The first-order valence-corrected chi connectivity index (χ1v) is 26.6. The largest absolute Gasteiger partial charge is 0.472 e. The molecule has 19 heteroatoms. The Morgan fingerprint density at radius 1 is 0.585 bits per heavy atom. The second-order valence-electron chi connectivity index (χ2n) is 18.5. The minimum atomic E-state index is -5.41. The molecule has 1 heterocycles. The third-order valence-corrected chi connectivity index (χ3v) is 13.9. The van der Waals surface area contributed by atoms with E-state index in [1.807, 2.05) is 0 Å². The Kier molecular flexibility index (Phi) is 31.9. The van der Waals surface area contributed by atoms with E-state index in [0.29, 0.717) is 12.8 Å². The van der Waals surface area contributed by atoms with Gasteiger partial charge in [-0.2, -0.15) is 0 Å². The van der Waals surface area contributed by atoms with Gasteiger partial charge >= 0.3 is 7.82 Å². The highest BCUT2D eigenvalue weighted by Gasteiger charge is 2.55. The van der Waals surface area contributed by atoms with Gasteiger partial charge in [0.15, 0.2) is 6.29 Å². The van der Waals surface area contributed by atoms with Crippen molar-refractivity contribution in [2.45, 2.75) is 273 Å². The van der Waals surface area contributed by atoms with Crippen LogP contribution in [0.1, 0.15) is 187 Å². The standard InChI is InChI=1S/C46H90NO17P/c1-3-5-7-9-11-13-15-17-19-21-23-25-27-29-35(50)47-32(36(51)33(49)28-26-24-22-20-18-16-14-12-10-8-6-4-2)31-61-65(59,60)64-45-42(57)40(55)39(54)41(56)44(45)63-46-43(58)38(53)37(52)34(30-48)62-46/h32-34,36-46,48-49,51-58H,3-31H2,1-2H3,(H,47,50)(H,59,60)/t32-,33+,34+,36-,37+,38?,39?,40?,41+,42?,43?,44?,45-,46+/m0/s1. The third kappa shape index (κ3) is 23.0. The van der Waals surface area contributed by atoms with Gasteiger partial charge in [-0.15, -0.1) is 0 Å². The van der Waals surface area contributed by atoms with Crippen LogP contribution in [0.5, 0.6) is 0 Å². The summed E-state index contributed by atoms with van der Waals surface area (Å²) in [6, 6.07) is -1.41. The van der Waals surface area contributed by atoms with E-state index in [0.717, 1.165) is 51.4 Å². The van der Waals surface area contributed by atoms with Crippen LogP contribution in [0.3, 0.4) is 0 Å². The Hall–Kier alpha value is -0.900. The number of rotatable bonds is 38. The molecule has 386 valence electrons. The molecule has 7 unspecified atom stereocenters. The zero-order chi connectivity index (χ0) is 48.2. The molecule has 1 aliphatic carbocycles. The van der Waals surface area contributed by atoms with Crippen molar-refractivity contribution in [2.24, 2.45) is 0 Å². The number of aliphatic hydroxyl groups excluding tert-OH is 10. The lowest BCUT2D eigenvalue weighted by molar-refractivity contribution is -0.338. The second-order valence-corrected chi connectivity index (χ2v) is 19.9. The van der Waals surface area contributed by atoms with Crippen molar-refractivity contribution in [1.82, 2.24) is 5.32 Å². The predicted octanol–water partition coefficient (Wildman–Crippen LogP) is 3.91. The number of hydrogen-bond acceptors (Lipinski definition) is 16. The number of hydrogen-bond donors (Lipinski definition) is 12. The predicted molar refractivity (Wildman–Crippen MR) is 243 cm³/mol. The average Bonchev–Trinajstić information content (AvgIpc) is 3.28. The molecule has 2 rings (SSSR count). The van der Waals surface area contributed by atoms with Crippen LogP contribution in [0.15, 0.2) is 0 Å². The maximum absolute atomic E-state index is 13.5. The Bertz CT molecular complexity index is 1260. The highest BCUT2D eigenvalue weighted by molar-refractivity contribution is 7.47. The number of unbranched alkanes of at least 4 members (excludes halogenated alkanes) is 23. The summed E-state index contributed by atoms with van der Waals surface area (Å²) in [4.78, 5) is 24.1. The highest BCUT2D eigenvalue weighted by Crippen LogP contribution is 2.48. The van der Waals surface area contributed by atoms with Gasteiger partial charge in [-0.25, -0.2) is 4.57 Å². The molecule has 2 fully saturated rings. The molecule has 0 aromatic rings. The molecule has 18 nitrogen and oxygen atoms in total. The molecule has 1 saturated carbocycles. The lowest BCUT2D eigenvalue weighted by Gasteiger charge is -2.47. The molecule has 15 atom stereocenters. The summed E-state index contributed by atoms with van der Waals surface area (Å²) in [6.45, 7) is 2.69. The molecule has 0 bridgehead atoms. The molecular weight excluding hydrogens is 869 g/mol. The minimum absolute atomic E-state index is 0.0897. The highest BCUT2D eigenvalue weighted by atomic mass is 31.2. The smallest absolute Gasteiger partial charge is 0.394 e. The van der Waals surface area contributed by atoms with Gasteiger partial charge in [0.05, 0.1) is 25.4 Å². The Balaban J connectivity index is 2.02. The van der Waals surface area contributed by atoms with Gasteiger partial charge in [-0.3, -0.25) is 13.8 Å². The summed E-state index contributed by atoms with van der Waals surface area (Å²) in [5, 5.41) is 108. The number of amides is 1. The molecule has 1 amide bonds. The van der Waals surface area contributed by atoms with E-state index in [1.54, 1.807) is 0 Å². The minimum Gasteiger partial charge on any atom is -0.394 e. The summed E-state index contributed by atoms with van der Waals surface area (Å²) in [5.74, 6) is -0.483. The van der Waals surface area contributed by atoms with Crippen LogP contribution in [0.25, 0.3) is 0 Å². The van der Waals surface area contributed by atoms with E-state index in [4.69, 9.17) is 18.5 Å². The van der Waals surface area contributed by atoms with Crippen LogP contribution in [-0.2, 0) is 27.9 Å². The molecule has 1 aliphatic heterocycles. The SMILES string of the molecule is CCCCCCCCCCCCCCCC(=O)N[C@@H](COP(=O)(O)O[C@H]1C(O)C(O)C(O)[C@@H](O)C1O[C@H]1O[C@H](CO)[C@@H](O)C(O)C1O)[C@H](O)[C@H](O)CCCCCCCCCCCCCC. The van der Waals surface area contributed by atoms with Gasteiger partial charge in [0.1, 0.15) is 67.1 Å². The Morgan fingerprint density at radius 2 is 1.00 bits per heavy atom. The third-order valence-electron chi connectivity index (χ3n) is 12.9. The fourth-order valence-corrected chi connectivity index (χ4v) is 9.56. The fourth-order valence-electron chi connectivity index (χ4n) is 8.60. The lowest BCUT2D eigenvalue weighted by atomic mass is 9.84. The maximum atomic E-state index is 13.5. The second kappa shape index (κ2) is 34.4. The molecule has 0 aromatic heterocycles. The first-order chi connectivity index (χ1) is 31.1. The van der Waals surface area contributed by atoms with Crippen molar-refractivity contribution in [3.8, 4) is 0 Å². The van der Waals surface area contributed by atoms with Crippen molar-refractivity contribution >= 4 is 13.7 Å². The van der Waals surface area contributed by atoms with E-state index in [9.17, 15) is 65.3 Å². The normalized spacial score (nSPS) is 29.6. The monoisotopic (exact) mass is 960 g/mol. The van der Waals surface area contributed by atoms with Crippen molar-refractivity contribution in [3.63, 3.8) is 0 Å². The van der Waals surface area contributed by atoms with Gasteiger partial charge in [0.25, 0.3) is 0 Å². The van der Waals surface area contributed by atoms with Gasteiger partial charge < -0.3 is 70.7 Å². The summed E-state index contributed by atoms with van der Waals surface area (Å²) >= 11 is 0. The van der Waals surface area contributed by atoms with Crippen molar-refractivity contribution in [1.29, 1.82) is 0 Å². The van der Waals surface area contributed by atoms with Crippen LogP contribution >= 0.6 is 7.82 Å². The zero-order valence-electron chi connectivity index (χ0n) is 39.4. The maximum Gasteiger partial charge on any atom is 0.472 e. The quantitative estimate of drug-likeness (QED) is 0.0308. The zero-order valence-corrected chi connectivity index (χ0v) is 40.3. The number of nitrogens with one attached hydrogen (secondary N) is 1. The molecule has 65 heavy (non-hydrogen) atoms. The Labute approximate surface area is 388 Å². The number of aliphatic hydroxyl groups is 10. The molecule has 0 aromatic carbocycles. The van der Waals surface area contributed by atoms with E-state index in [2.05, 4.69) is 19.2 Å². The summed E-state index contributed by atoms with van der Waals surface area (Å²) in [5.41, 5.74) is 0. The number of ether oxygens (including phenoxy) is 2. The lowest BCUT2D eigenvalue weighted by Crippen LogP contribution is -2.67.